The van der Waals surface area contributed by atoms with Gasteiger partial charge in [0.05, 0.1) is 5.75 Å². The van der Waals surface area contributed by atoms with Crippen LogP contribution in [-0.2, 0) is 17.6 Å². The van der Waals surface area contributed by atoms with E-state index in [0.717, 1.165) is 39.9 Å². The van der Waals surface area contributed by atoms with E-state index in [-0.39, 0.29) is 5.91 Å². The van der Waals surface area contributed by atoms with Crippen molar-refractivity contribution in [3.8, 4) is 0 Å². The topological polar surface area (TPSA) is 54.9 Å². The highest BCUT2D eigenvalue weighted by molar-refractivity contribution is 8.00. The van der Waals surface area contributed by atoms with Crippen LogP contribution in [0.4, 0.5) is 5.69 Å². The van der Waals surface area contributed by atoms with E-state index in [9.17, 15) is 4.79 Å². The van der Waals surface area contributed by atoms with Gasteiger partial charge in [-0.3, -0.25) is 4.79 Å². The molecule has 4 nitrogen and oxygen atoms in total. The number of amides is 1. The number of rotatable bonds is 4. The molecule has 1 aliphatic carbocycles. The van der Waals surface area contributed by atoms with Crippen LogP contribution in [0.25, 0.3) is 10.2 Å². The fourth-order valence-corrected chi connectivity index (χ4v) is 5.65. The number of hydrogen-bond acceptors (Lipinski definition) is 5. The quantitative estimate of drug-likeness (QED) is 0.517. The molecule has 0 fully saturated rings. The molecule has 0 spiro atoms. The number of carbonyl (C=O) groups is 1. The number of anilines is 1. The van der Waals surface area contributed by atoms with Crippen LogP contribution in [0.5, 0.6) is 0 Å². The van der Waals surface area contributed by atoms with Gasteiger partial charge in [0, 0.05) is 16.0 Å². The monoisotopic (exact) mass is 383 g/mol. The molecular weight excluding hydrogens is 362 g/mol. The van der Waals surface area contributed by atoms with Gasteiger partial charge in [0.15, 0.2) is 0 Å². The van der Waals surface area contributed by atoms with Crippen LogP contribution in [0.1, 0.15) is 29.3 Å². The summed E-state index contributed by atoms with van der Waals surface area (Å²) in [6.07, 6.45) is 5.06. The molecule has 4 rings (SSSR count). The molecule has 6 heteroatoms. The molecule has 1 atom stereocenters. The third-order valence-corrected chi connectivity index (χ3v) is 6.85. The zero-order valence-electron chi connectivity index (χ0n) is 14.9. The van der Waals surface area contributed by atoms with Gasteiger partial charge in [-0.15, -0.1) is 11.3 Å². The highest BCUT2D eigenvalue weighted by atomic mass is 32.2. The summed E-state index contributed by atoms with van der Waals surface area (Å²) in [6, 6.07) is 7.85. The molecule has 1 amide bonds. The van der Waals surface area contributed by atoms with E-state index < -0.39 is 0 Å². The largest absolute Gasteiger partial charge is 0.325 e. The Morgan fingerprint density at radius 3 is 3.12 bits per heavy atom. The molecule has 0 saturated carbocycles. The molecule has 0 saturated heterocycles. The predicted octanol–water partition coefficient (Wildman–Crippen LogP) is 4.86. The number of nitrogens with one attached hydrogen (secondary N) is 1. The van der Waals surface area contributed by atoms with E-state index in [0.29, 0.717) is 5.75 Å². The zero-order chi connectivity index (χ0) is 18.1. The standard InChI is InChI=1S/C20H21N3OS2/c1-12-4-3-5-14(8-12)23-17(24)10-25-19-18-15-7-6-13(2)9-16(15)26-20(18)22-11-21-19/h3-5,8,11,13H,6-7,9-10H2,1-2H3,(H,23,24). The van der Waals surface area contributed by atoms with E-state index >= 15 is 0 Å². The van der Waals surface area contributed by atoms with Gasteiger partial charge < -0.3 is 5.32 Å². The second-order valence-corrected chi connectivity index (χ2v) is 8.96. The Hall–Kier alpha value is -1.92. The van der Waals surface area contributed by atoms with Gasteiger partial charge in [-0.1, -0.05) is 30.8 Å². The average Bonchev–Trinajstić information content (AvgIpc) is 2.98. The molecule has 1 aromatic carbocycles. The lowest BCUT2D eigenvalue weighted by molar-refractivity contribution is -0.113. The summed E-state index contributed by atoms with van der Waals surface area (Å²) in [6.45, 7) is 4.33. The first-order valence-electron chi connectivity index (χ1n) is 8.84. The van der Waals surface area contributed by atoms with Gasteiger partial charge in [-0.05, 0) is 55.4 Å². The number of aryl methyl sites for hydroxylation is 2. The van der Waals surface area contributed by atoms with Gasteiger partial charge in [0.2, 0.25) is 5.91 Å². The van der Waals surface area contributed by atoms with Crippen LogP contribution < -0.4 is 5.32 Å². The minimum atomic E-state index is -0.00918. The molecule has 0 aliphatic heterocycles. The van der Waals surface area contributed by atoms with Gasteiger partial charge in [0.1, 0.15) is 16.2 Å². The van der Waals surface area contributed by atoms with Crippen molar-refractivity contribution in [2.45, 2.75) is 38.1 Å². The smallest absolute Gasteiger partial charge is 0.234 e. The van der Waals surface area contributed by atoms with Crippen LogP contribution in [0.3, 0.4) is 0 Å². The van der Waals surface area contributed by atoms with Crippen LogP contribution in [0, 0.1) is 12.8 Å². The van der Waals surface area contributed by atoms with E-state index in [2.05, 4.69) is 22.2 Å². The number of aromatic nitrogens is 2. The number of hydrogen-bond donors (Lipinski definition) is 1. The molecule has 2 heterocycles. The first-order valence-corrected chi connectivity index (χ1v) is 10.6. The van der Waals surface area contributed by atoms with E-state index in [1.165, 1.54) is 34.0 Å². The lowest BCUT2D eigenvalue weighted by Crippen LogP contribution is -2.14. The third kappa shape index (κ3) is 3.62. The molecule has 0 radical (unpaired) electrons. The summed E-state index contributed by atoms with van der Waals surface area (Å²) < 4.78 is 0. The summed E-state index contributed by atoms with van der Waals surface area (Å²) in [4.78, 5) is 23.8. The van der Waals surface area contributed by atoms with Crippen molar-refractivity contribution in [2.24, 2.45) is 5.92 Å². The Morgan fingerprint density at radius 1 is 1.38 bits per heavy atom. The highest BCUT2D eigenvalue weighted by Crippen LogP contribution is 2.40. The van der Waals surface area contributed by atoms with Crippen molar-refractivity contribution in [1.82, 2.24) is 9.97 Å². The highest BCUT2D eigenvalue weighted by Gasteiger charge is 2.23. The van der Waals surface area contributed by atoms with Gasteiger partial charge in [0.25, 0.3) is 0 Å². The molecule has 1 N–H and O–H groups in total. The first-order chi connectivity index (χ1) is 12.6. The Kier molecular flexibility index (Phi) is 4.96. The second-order valence-electron chi connectivity index (χ2n) is 6.92. The Labute approximate surface area is 161 Å². The third-order valence-electron chi connectivity index (χ3n) is 4.70. The maximum atomic E-state index is 12.3. The summed E-state index contributed by atoms with van der Waals surface area (Å²) in [7, 11) is 0. The SMILES string of the molecule is Cc1cccc(NC(=O)CSc2ncnc3sc4c(c23)CCC(C)C4)c1. The van der Waals surface area contributed by atoms with Crippen LogP contribution >= 0.6 is 23.1 Å². The molecule has 0 bridgehead atoms. The van der Waals surface area contributed by atoms with Crippen molar-refractivity contribution in [3.63, 3.8) is 0 Å². The van der Waals surface area contributed by atoms with Crippen LogP contribution in [0.2, 0.25) is 0 Å². The summed E-state index contributed by atoms with van der Waals surface area (Å²) in [5.74, 6) is 1.07. The van der Waals surface area contributed by atoms with Gasteiger partial charge >= 0.3 is 0 Å². The van der Waals surface area contributed by atoms with Crippen molar-refractivity contribution in [2.75, 3.05) is 11.1 Å². The molecule has 1 unspecified atom stereocenters. The molecule has 1 aliphatic rings. The second kappa shape index (κ2) is 7.37. The maximum absolute atomic E-state index is 12.3. The fourth-order valence-electron chi connectivity index (χ4n) is 3.41. The minimum absolute atomic E-state index is 0.00918. The van der Waals surface area contributed by atoms with Gasteiger partial charge in [-0.2, -0.15) is 0 Å². The molecular formula is C20H21N3OS2. The van der Waals surface area contributed by atoms with E-state index in [1.54, 1.807) is 17.7 Å². The average molecular weight is 384 g/mol. The van der Waals surface area contributed by atoms with Crippen LogP contribution in [-0.4, -0.2) is 21.6 Å². The van der Waals surface area contributed by atoms with Crippen molar-refractivity contribution >= 4 is 44.9 Å². The Balaban J connectivity index is 1.51. The van der Waals surface area contributed by atoms with E-state index in [4.69, 9.17) is 0 Å². The molecule has 26 heavy (non-hydrogen) atoms. The molecule has 2 aromatic heterocycles. The Morgan fingerprint density at radius 2 is 2.27 bits per heavy atom. The normalized spacial score (nSPS) is 16.5. The number of carbonyl (C=O) groups excluding carboxylic acids is 1. The zero-order valence-corrected chi connectivity index (χ0v) is 16.5. The lowest BCUT2D eigenvalue weighted by Gasteiger charge is -2.18. The first kappa shape index (κ1) is 17.5. The summed E-state index contributed by atoms with van der Waals surface area (Å²) in [5, 5.41) is 5.07. The van der Waals surface area contributed by atoms with Crippen molar-refractivity contribution in [3.05, 3.63) is 46.6 Å². The lowest BCUT2D eigenvalue weighted by atomic mass is 9.89. The Bertz CT molecular complexity index is 967. The number of thioether (sulfide) groups is 1. The number of benzene rings is 1. The number of nitrogens with zero attached hydrogens (tertiary/aromatic N) is 2. The summed E-state index contributed by atoms with van der Waals surface area (Å²) in [5.41, 5.74) is 3.38. The number of fused-ring (bicyclic) bond motifs is 3. The molecule has 3 aromatic rings. The van der Waals surface area contributed by atoms with E-state index in [1.807, 2.05) is 31.2 Å². The summed E-state index contributed by atoms with van der Waals surface area (Å²) >= 11 is 3.29. The predicted molar refractivity (Wildman–Crippen MR) is 109 cm³/mol. The maximum Gasteiger partial charge on any atom is 0.234 e. The van der Waals surface area contributed by atoms with Crippen molar-refractivity contribution in [1.29, 1.82) is 0 Å². The fraction of sp³-hybridized carbons (Fsp3) is 0.350. The van der Waals surface area contributed by atoms with Crippen molar-refractivity contribution < 1.29 is 4.79 Å². The number of thiophene rings is 1. The molecule has 134 valence electrons. The van der Waals surface area contributed by atoms with Crippen LogP contribution in [0.15, 0.2) is 35.6 Å². The minimum Gasteiger partial charge on any atom is -0.325 e. The van der Waals surface area contributed by atoms with Gasteiger partial charge in [-0.25, -0.2) is 9.97 Å².